The van der Waals surface area contributed by atoms with Crippen LogP contribution >= 0.6 is 0 Å². The smallest absolute Gasteiger partial charge is 0.175 e. The van der Waals surface area contributed by atoms with Crippen molar-refractivity contribution in [2.75, 3.05) is 5.73 Å². The predicted molar refractivity (Wildman–Crippen MR) is 78.5 cm³/mol. The largest absolute Gasteiger partial charge is 0.399 e. The van der Waals surface area contributed by atoms with E-state index in [0.29, 0.717) is 0 Å². The van der Waals surface area contributed by atoms with Crippen LogP contribution in [0.1, 0.15) is 11.4 Å². The van der Waals surface area contributed by atoms with Crippen LogP contribution in [-0.4, -0.2) is 19.7 Å². The molecule has 2 aromatic heterocycles. The first-order valence-corrected chi connectivity index (χ1v) is 6.35. The van der Waals surface area contributed by atoms with E-state index in [9.17, 15) is 0 Å². The van der Waals surface area contributed by atoms with E-state index < -0.39 is 0 Å². The number of benzene rings is 1. The summed E-state index contributed by atoms with van der Waals surface area (Å²) in [6.07, 6.45) is 5.49. The highest BCUT2D eigenvalue weighted by Gasteiger charge is 2.08. The zero-order valence-corrected chi connectivity index (χ0v) is 11.4. The Balaban J connectivity index is 2.04. The first-order chi connectivity index (χ1) is 9.63. The van der Waals surface area contributed by atoms with E-state index >= 15 is 0 Å². The van der Waals surface area contributed by atoms with Gasteiger partial charge in [0.15, 0.2) is 5.82 Å². The van der Waals surface area contributed by atoms with E-state index in [1.54, 1.807) is 17.1 Å². The van der Waals surface area contributed by atoms with Gasteiger partial charge in [-0.25, -0.2) is 9.67 Å². The third-order valence-electron chi connectivity index (χ3n) is 3.07. The quantitative estimate of drug-likeness (QED) is 0.723. The van der Waals surface area contributed by atoms with E-state index in [4.69, 9.17) is 5.73 Å². The topological polar surface area (TPSA) is 69.6 Å². The van der Waals surface area contributed by atoms with E-state index in [-0.39, 0.29) is 0 Å². The Labute approximate surface area is 117 Å². The van der Waals surface area contributed by atoms with Crippen LogP contribution in [0.3, 0.4) is 0 Å². The van der Waals surface area contributed by atoms with Crippen molar-refractivity contribution in [3.8, 4) is 16.9 Å². The molecule has 0 radical (unpaired) electrons. The molecule has 0 saturated heterocycles. The van der Waals surface area contributed by atoms with E-state index in [1.165, 1.54) is 0 Å². The number of aromatic nitrogens is 4. The maximum atomic E-state index is 5.81. The zero-order chi connectivity index (χ0) is 14.1. The van der Waals surface area contributed by atoms with Crippen molar-refractivity contribution in [1.29, 1.82) is 0 Å². The molecule has 100 valence electrons. The summed E-state index contributed by atoms with van der Waals surface area (Å²) in [6, 6.07) is 7.73. The van der Waals surface area contributed by atoms with Crippen molar-refractivity contribution in [2.45, 2.75) is 13.8 Å². The molecule has 0 aliphatic heterocycles. The normalized spacial score (nSPS) is 10.7. The molecular formula is C15H15N5. The highest BCUT2D eigenvalue weighted by atomic mass is 15.3. The van der Waals surface area contributed by atoms with Crippen molar-refractivity contribution in [3.63, 3.8) is 0 Å². The summed E-state index contributed by atoms with van der Waals surface area (Å²) in [5, 5.41) is 4.37. The van der Waals surface area contributed by atoms with Crippen LogP contribution in [0.2, 0.25) is 0 Å². The van der Waals surface area contributed by atoms with Crippen molar-refractivity contribution < 1.29 is 0 Å². The summed E-state index contributed by atoms with van der Waals surface area (Å²) in [6.45, 7) is 3.84. The number of nitrogens with zero attached hydrogens (tertiary/aromatic N) is 4. The molecule has 0 fully saturated rings. The molecule has 5 heteroatoms. The van der Waals surface area contributed by atoms with Gasteiger partial charge in [0.1, 0.15) is 0 Å². The highest BCUT2D eigenvalue weighted by Crippen LogP contribution is 2.22. The Morgan fingerprint density at radius 2 is 1.95 bits per heavy atom. The number of rotatable bonds is 2. The van der Waals surface area contributed by atoms with Gasteiger partial charge in [0.2, 0.25) is 0 Å². The fourth-order valence-electron chi connectivity index (χ4n) is 2.05. The molecule has 0 aliphatic rings. The highest BCUT2D eigenvalue weighted by molar-refractivity contribution is 5.66. The summed E-state index contributed by atoms with van der Waals surface area (Å²) in [4.78, 5) is 8.79. The molecule has 3 rings (SSSR count). The Hall–Kier alpha value is -2.69. The van der Waals surface area contributed by atoms with Gasteiger partial charge in [-0.1, -0.05) is 12.1 Å². The maximum Gasteiger partial charge on any atom is 0.175 e. The predicted octanol–water partition coefficient (Wildman–Crippen LogP) is 2.53. The summed E-state index contributed by atoms with van der Waals surface area (Å²) in [7, 11) is 0. The lowest BCUT2D eigenvalue weighted by Gasteiger charge is -2.04. The van der Waals surface area contributed by atoms with Crippen LogP contribution in [0.15, 0.2) is 42.9 Å². The molecule has 3 aromatic rings. The lowest BCUT2D eigenvalue weighted by molar-refractivity contribution is 0.816. The van der Waals surface area contributed by atoms with Gasteiger partial charge in [0, 0.05) is 23.6 Å². The van der Waals surface area contributed by atoms with Gasteiger partial charge in [-0.15, -0.1) is 0 Å². The average molecular weight is 265 g/mol. The van der Waals surface area contributed by atoms with Crippen molar-refractivity contribution in [2.24, 2.45) is 0 Å². The third-order valence-corrected chi connectivity index (χ3v) is 3.07. The average Bonchev–Trinajstić information content (AvgIpc) is 2.91. The fourth-order valence-corrected chi connectivity index (χ4v) is 2.05. The number of nitrogen functional groups attached to an aromatic ring is 1. The van der Waals surface area contributed by atoms with Gasteiger partial charge < -0.3 is 5.73 Å². The van der Waals surface area contributed by atoms with Crippen molar-refractivity contribution >= 4 is 5.69 Å². The van der Waals surface area contributed by atoms with Gasteiger partial charge in [0.25, 0.3) is 0 Å². The third kappa shape index (κ3) is 2.25. The second-order valence-electron chi connectivity index (χ2n) is 4.72. The van der Waals surface area contributed by atoms with Crippen LogP contribution in [0, 0.1) is 13.8 Å². The lowest BCUT2D eigenvalue weighted by Crippen LogP contribution is -2.03. The van der Waals surface area contributed by atoms with Crippen LogP contribution in [0.25, 0.3) is 16.9 Å². The summed E-state index contributed by atoms with van der Waals surface area (Å²) in [5.74, 6) is 0.750. The van der Waals surface area contributed by atoms with Gasteiger partial charge in [-0.3, -0.25) is 4.98 Å². The molecule has 0 atom stereocenters. The molecule has 5 nitrogen and oxygen atoms in total. The lowest BCUT2D eigenvalue weighted by atomic mass is 10.1. The number of aryl methyl sites for hydroxylation is 2. The van der Waals surface area contributed by atoms with Crippen LogP contribution in [-0.2, 0) is 0 Å². The molecule has 1 aromatic carbocycles. The van der Waals surface area contributed by atoms with Crippen molar-refractivity contribution in [3.05, 3.63) is 54.2 Å². The second-order valence-corrected chi connectivity index (χ2v) is 4.72. The molecule has 0 unspecified atom stereocenters. The molecule has 2 heterocycles. The zero-order valence-electron chi connectivity index (χ0n) is 11.4. The monoisotopic (exact) mass is 265 g/mol. The molecule has 2 N–H and O–H groups in total. The summed E-state index contributed by atoms with van der Waals surface area (Å²) >= 11 is 0. The minimum atomic E-state index is 0.738. The van der Waals surface area contributed by atoms with Crippen molar-refractivity contribution in [1.82, 2.24) is 19.7 Å². The number of hydrogen-bond acceptors (Lipinski definition) is 4. The number of hydrogen-bond donors (Lipinski definition) is 1. The number of anilines is 1. The molecule has 0 bridgehead atoms. The second kappa shape index (κ2) is 4.77. The van der Waals surface area contributed by atoms with Crippen LogP contribution in [0.4, 0.5) is 5.69 Å². The van der Waals surface area contributed by atoms with Crippen LogP contribution in [0.5, 0.6) is 0 Å². The minimum absolute atomic E-state index is 0.738. The molecule has 0 aliphatic carbocycles. The fraction of sp³-hybridized carbons (Fsp3) is 0.133. The Kier molecular flexibility index (Phi) is 2.95. The van der Waals surface area contributed by atoms with E-state index in [2.05, 4.69) is 15.1 Å². The first-order valence-electron chi connectivity index (χ1n) is 6.35. The summed E-state index contributed by atoms with van der Waals surface area (Å²) < 4.78 is 1.74. The van der Waals surface area contributed by atoms with Crippen LogP contribution < -0.4 is 5.73 Å². The van der Waals surface area contributed by atoms with Gasteiger partial charge in [-0.2, -0.15) is 5.10 Å². The van der Waals surface area contributed by atoms with E-state index in [1.807, 2.05) is 44.3 Å². The Morgan fingerprint density at radius 1 is 1.10 bits per heavy atom. The van der Waals surface area contributed by atoms with Gasteiger partial charge in [-0.05, 0) is 31.5 Å². The molecule has 0 amide bonds. The van der Waals surface area contributed by atoms with Gasteiger partial charge in [0.05, 0.1) is 17.6 Å². The molecule has 0 spiro atoms. The Morgan fingerprint density at radius 3 is 2.75 bits per heavy atom. The summed E-state index contributed by atoms with van der Waals surface area (Å²) in [5.41, 5.74) is 10.3. The minimum Gasteiger partial charge on any atom is -0.399 e. The molecular weight excluding hydrogens is 250 g/mol. The standard InChI is InChI=1S/C15H15N5/c1-10-7-17-11(2)15(19-10)20-9-13(8-18-20)12-4-3-5-14(16)6-12/h3-9H,16H2,1-2H3. The molecule has 0 saturated carbocycles. The molecule has 20 heavy (non-hydrogen) atoms. The van der Waals surface area contributed by atoms with E-state index in [0.717, 1.165) is 34.0 Å². The number of nitrogens with two attached hydrogens (primary N) is 1. The first kappa shape index (κ1) is 12.3. The maximum absolute atomic E-state index is 5.81. The van der Waals surface area contributed by atoms with Gasteiger partial charge >= 0.3 is 0 Å². The SMILES string of the molecule is Cc1cnc(C)c(-n2cc(-c3cccc(N)c3)cn2)n1. The Bertz CT molecular complexity index is 760.